The normalized spacial score (nSPS) is 23.0. The summed E-state index contributed by atoms with van der Waals surface area (Å²) in [5.41, 5.74) is 0. The molecule has 2 aliphatic heterocycles. The van der Waals surface area contributed by atoms with E-state index in [2.05, 4.69) is 23.7 Å². The summed E-state index contributed by atoms with van der Waals surface area (Å²) in [4.78, 5) is 6.67. The number of hydrogen-bond donors (Lipinski definition) is 0. The van der Waals surface area contributed by atoms with Gasteiger partial charge in [-0.3, -0.25) is 4.90 Å². The molecule has 0 unspecified atom stereocenters. The quantitative estimate of drug-likeness (QED) is 0.375. The van der Waals surface area contributed by atoms with E-state index in [1.807, 2.05) is 0 Å². The largest absolute Gasteiger partial charge is 0.352 e. The smallest absolute Gasteiger partial charge is 0.262 e. The summed E-state index contributed by atoms with van der Waals surface area (Å²) in [5.74, 6) is 0.00105. The summed E-state index contributed by atoms with van der Waals surface area (Å²) in [6, 6.07) is 0.0924. The Labute approximate surface area is 200 Å². The second-order valence-corrected chi connectivity index (χ2v) is 11.4. The van der Waals surface area contributed by atoms with E-state index in [0.29, 0.717) is 26.3 Å². The lowest BCUT2D eigenvalue weighted by atomic mass is 9.99. The molecule has 2 fully saturated rings. The Morgan fingerprint density at radius 2 is 1.64 bits per heavy atom. The molecule has 0 aliphatic carbocycles. The summed E-state index contributed by atoms with van der Waals surface area (Å²) < 4.78 is 42.1. The zero-order valence-corrected chi connectivity index (χ0v) is 21.6. The topological polar surface area (TPSA) is 76.9 Å². The van der Waals surface area contributed by atoms with Crippen molar-refractivity contribution in [3.8, 4) is 0 Å². The lowest BCUT2D eigenvalue weighted by Gasteiger charge is -2.37. The van der Waals surface area contributed by atoms with Crippen molar-refractivity contribution in [2.24, 2.45) is 13.0 Å². The van der Waals surface area contributed by atoms with Gasteiger partial charge in [0.25, 0.3) is 10.0 Å². The first-order valence-corrected chi connectivity index (χ1v) is 14.4. The minimum atomic E-state index is -3.65. The van der Waals surface area contributed by atoms with Gasteiger partial charge in [0.05, 0.1) is 19.5 Å². The van der Waals surface area contributed by atoms with Crippen LogP contribution in [0.15, 0.2) is 17.6 Å². The molecule has 2 atom stereocenters. The van der Waals surface area contributed by atoms with Crippen molar-refractivity contribution in [3.63, 3.8) is 0 Å². The van der Waals surface area contributed by atoms with Crippen molar-refractivity contribution < 1.29 is 17.9 Å². The second-order valence-electron chi connectivity index (χ2n) is 9.55. The van der Waals surface area contributed by atoms with Gasteiger partial charge in [0.1, 0.15) is 0 Å². The highest BCUT2D eigenvalue weighted by Gasteiger charge is 2.47. The van der Waals surface area contributed by atoms with Crippen LogP contribution in [0.2, 0.25) is 0 Å². The Hall–Kier alpha value is -1.00. The molecule has 0 aromatic carbocycles. The Morgan fingerprint density at radius 1 is 1.00 bits per heavy atom. The maximum Gasteiger partial charge on any atom is 0.262 e. The fourth-order valence-corrected chi connectivity index (χ4v) is 6.42. The van der Waals surface area contributed by atoms with Gasteiger partial charge in [0, 0.05) is 38.3 Å². The van der Waals surface area contributed by atoms with E-state index in [-0.39, 0.29) is 23.3 Å². The van der Waals surface area contributed by atoms with Crippen LogP contribution in [-0.2, 0) is 26.5 Å². The molecule has 1 aromatic heterocycles. The molecule has 2 saturated heterocycles. The number of aryl methyl sites for hydroxylation is 1. The van der Waals surface area contributed by atoms with Gasteiger partial charge >= 0.3 is 0 Å². The predicted molar refractivity (Wildman–Crippen MR) is 129 cm³/mol. The van der Waals surface area contributed by atoms with Gasteiger partial charge in [0.2, 0.25) is 0 Å². The Kier molecular flexibility index (Phi) is 10.6. The highest BCUT2D eigenvalue weighted by atomic mass is 32.2. The van der Waals surface area contributed by atoms with Crippen LogP contribution in [0.3, 0.4) is 0 Å². The van der Waals surface area contributed by atoms with Crippen molar-refractivity contribution >= 4 is 10.0 Å². The summed E-state index contributed by atoms with van der Waals surface area (Å²) in [6.45, 7) is 8.68. The van der Waals surface area contributed by atoms with Crippen LogP contribution in [0.1, 0.15) is 71.6 Å². The SMILES string of the molecule is CCCCCCN(CCCCCC)[C@H]1CN(S(=O)(=O)c2cn(C)cn2)C[C@@H]1C1OCCCO1. The van der Waals surface area contributed by atoms with Crippen LogP contribution in [0.25, 0.3) is 0 Å². The molecular weight excluding hydrogens is 440 g/mol. The molecule has 2 aliphatic rings. The summed E-state index contributed by atoms with van der Waals surface area (Å²) in [6.07, 6.45) is 13.3. The standard InChI is InChI=1S/C24H44N4O4S/c1-4-6-8-10-13-27(14-11-9-7-5-2)22-18-28(17-21(22)24-31-15-12-16-32-24)33(29,30)23-19-26(3)20-25-23/h19-22,24H,4-18H2,1-3H3/t21-,22-/m0/s1. The average molecular weight is 485 g/mol. The Morgan fingerprint density at radius 3 is 2.18 bits per heavy atom. The minimum absolute atomic E-state index is 0.00105. The van der Waals surface area contributed by atoms with Gasteiger partial charge in [-0.2, -0.15) is 4.31 Å². The van der Waals surface area contributed by atoms with Crippen LogP contribution in [0, 0.1) is 5.92 Å². The van der Waals surface area contributed by atoms with Crippen LogP contribution in [0.4, 0.5) is 0 Å². The predicted octanol–water partition coefficient (Wildman–Crippen LogP) is 3.63. The van der Waals surface area contributed by atoms with Crippen molar-refractivity contribution in [2.75, 3.05) is 39.4 Å². The average Bonchev–Trinajstić information content (AvgIpc) is 3.46. The third kappa shape index (κ3) is 7.24. The highest BCUT2D eigenvalue weighted by Crippen LogP contribution is 2.32. The molecule has 9 heteroatoms. The molecule has 0 radical (unpaired) electrons. The number of nitrogens with zero attached hydrogens (tertiary/aromatic N) is 4. The van der Waals surface area contributed by atoms with E-state index in [1.165, 1.54) is 38.5 Å². The molecule has 1 aromatic rings. The number of sulfonamides is 1. The number of imidazole rings is 1. The zero-order valence-electron chi connectivity index (χ0n) is 20.8. The molecule has 190 valence electrons. The van der Waals surface area contributed by atoms with E-state index in [4.69, 9.17) is 9.47 Å². The number of hydrogen-bond acceptors (Lipinski definition) is 6. The van der Waals surface area contributed by atoms with E-state index >= 15 is 0 Å². The first-order valence-electron chi connectivity index (χ1n) is 12.9. The first kappa shape index (κ1) is 26.6. The molecular formula is C24H44N4O4S. The van der Waals surface area contributed by atoms with Crippen molar-refractivity contribution in [1.82, 2.24) is 18.8 Å². The molecule has 0 spiro atoms. The Bertz CT molecular complexity index is 782. The number of unbranched alkanes of at least 4 members (excludes halogenated alkanes) is 6. The van der Waals surface area contributed by atoms with Crippen LogP contribution in [0.5, 0.6) is 0 Å². The van der Waals surface area contributed by atoms with Crippen molar-refractivity contribution in [3.05, 3.63) is 12.5 Å². The maximum absolute atomic E-state index is 13.4. The van der Waals surface area contributed by atoms with E-state index in [9.17, 15) is 8.42 Å². The molecule has 3 heterocycles. The third-order valence-corrected chi connectivity index (χ3v) is 8.57. The third-order valence-electron chi connectivity index (χ3n) is 6.85. The van der Waals surface area contributed by atoms with E-state index < -0.39 is 10.0 Å². The highest BCUT2D eigenvalue weighted by molar-refractivity contribution is 7.89. The van der Waals surface area contributed by atoms with Crippen LogP contribution >= 0.6 is 0 Å². The molecule has 3 rings (SSSR count). The minimum Gasteiger partial charge on any atom is -0.352 e. The monoisotopic (exact) mass is 484 g/mol. The second kappa shape index (κ2) is 13.2. The maximum atomic E-state index is 13.4. The molecule has 8 nitrogen and oxygen atoms in total. The fraction of sp³-hybridized carbons (Fsp3) is 0.875. The lowest BCUT2D eigenvalue weighted by molar-refractivity contribution is -0.209. The first-order chi connectivity index (χ1) is 16.0. The number of aromatic nitrogens is 2. The number of rotatable bonds is 14. The molecule has 0 bridgehead atoms. The van der Waals surface area contributed by atoms with Gasteiger partial charge in [-0.25, -0.2) is 13.4 Å². The van der Waals surface area contributed by atoms with Crippen LogP contribution in [-0.4, -0.2) is 78.9 Å². The molecule has 0 amide bonds. The van der Waals surface area contributed by atoms with Crippen molar-refractivity contribution in [1.29, 1.82) is 0 Å². The van der Waals surface area contributed by atoms with E-state index in [0.717, 1.165) is 32.4 Å². The summed E-state index contributed by atoms with van der Waals surface area (Å²) >= 11 is 0. The lowest BCUT2D eigenvalue weighted by Crippen LogP contribution is -2.47. The van der Waals surface area contributed by atoms with Gasteiger partial charge in [-0.15, -0.1) is 0 Å². The van der Waals surface area contributed by atoms with Gasteiger partial charge < -0.3 is 14.0 Å². The molecule has 0 saturated carbocycles. The van der Waals surface area contributed by atoms with Crippen LogP contribution < -0.4 is 0 Å². The van der Waals surface area contributed by atoms with E-state index in [1.54, 1.807) is 28.4 Å². The Balaban J connectivity index is 1.78. The van der Waals surface area contributed by atoms with Gasteiger partial charge in [0.15, 0.2) is 11.3 Å². The fourth-order valence-electron chi connectivity index (χ4n) is 4.96. The summed E-state index contributed by atoms with van der Waals surface area (Å²) in [5, 5.41) is 0.118. The van der Waals surface area contributed by atoms with Gasteiger partial charge in [-0.1, -0.05) is 52.4 Å². The number of ether oxygens (including phenoxy) is 2. The molecule has 33 heavy (non-hydrogen) atoms. The van der Waals surface area contributed by atoms with Gasteiger partial charge in [-0.05, 0) is 32.4 Å². The summed E-state index contributed by atoms with van der Waals surface area (Å²) in [7, 11) is -1.86. The molecule has 0 N–H and O–H groups in total. The zero-order chi connectivity index (χ0) is 23.7. The van der Waals surface area contributed by atoms with Crippen molar-refractivity contribution in [2.45, 2.75) is 89.0 Å².